The number of pyridine rings is 1. The van der Waals surface area contributed by atoms with Crippen LogP contribution in [0.3, 0.4) is 0 Å². The second kappa shape index (κ2) is 4.53. The summed E-state index contributed by atoms with van der Waals surface area (Å²) in [6.07, 6.45) is 1.94. The second-order valence-corrected chi connectivity index (χ2v) is 5.21. The lowest BCUT2D eigenvalue weighted by molar-refractivity contribution is -0.122. The molecule has 1 aromatic heterocycles. The molecule has 1 aliphatic rings. The van der Waals surface area contributed by atoms with E-state index in [1.54, 1.807) is 0 Å². The van der Waals surface area contributed by atoms with Crippen LogP contribution in [0.1, 0.15) is 24.0 Å². The Labute approximate surface area is 110 Å². The first-order chi connectivity index (χ1) is 9.13. The molecule has 2 N–H and O–H groups in total. The molecule has 98 valence electrons. The highest BCUT2D eigenvalue weighted by molar-refractivity contribution is 5.81. The number of carbonyl (C=O) groups excluding carboxylic acids is 1. The minimum absolute atomic E-state index is 0.0590. The van der Waals surface area contributed by atoms with Gasteiger partial charge in [-0.05, 0) is 43.4 Å². The third-order valence-corrected chi connectivity index (χ3v) is 3.48. The molecule has 1 fully saturated rings. The van der Waals surface area contributed by atoms with Crippen LogP contribution in [0.25, 0.3) is 10.9 Å². The predicted molar refractivity (Wildman–Crippen MR) is 73.9 cm³/mol. The molecule has 0 saturated heterocycles. The predicted octanol–water partition coefficient (Wildman–Crippen LogP) is 1.86. The van der Waals surface area contributed by atoms with Gasteiger partial charge < -0.3 is 10.3 Å². The first kappa shape index (κ1) is 12.0. The zero-order valence-electron chi connectivity index (χ0n) is 10.8. The van der Waals surface area contributed by atoms with Crippen LogP contribution in [-0.2, 0) is 11.3 Å². The molecule has 0 unspecified atom stereocenters. The number of fused-ring (bicyclic) bond motifs is 1. The van der Waals surface area contributed by atoms with Crippen LogP contribution in [-0.4, -0.2) is 10.9 Å². The highest BCUT2D eigenvalue weighted by Gasteiger charge is 2.29. The molecule has 0 aliphatic heterocycles. The minimum atomic E-state index is -0.132. The fraction of sp³-hybridized carbons (Fsp3) is 0.333. The topological polar surface area (TPSA) is 62.0 Å². The summed E-state index contributed by atoms with van der Waals surface area (Å²) in [6.45, 7) is 2.31. The van der Waals surface area contributed by atoms with Gasteiger partial charge in [-0.15, -0.1) is 0 Å². The van der Waals surface area contributed by atoms with Gasteiger partial charge in [-0.25, -0.2) is 0 Å². The van der Waals surface area contributed by atoms with Crippen LogP contribution in [0.4, 0.5) is 0 Å². The summed E-state index contributed by atoms with van der Waals surface area (Å²) in [4.78, 5) is 26.3. The van der Waals surface area contributed by atoms with E-state index in [4.69, 9.17) is 0 Å². The van der Waals surface area contributed by atoms with Crippen LogP contribution < -0.4 is 10.9 Å². The summed E-state index contributed by atoms with van der Waals surface area (Å²) < 4.78 is 0. The normalized spacial score (nSPS) is 14.6. The first-order valence-electron chi connectivity index (χ1n) is 6.54. The number of H-pyrrole nitrogens is 1. The van der Waals surface area contributed by atoms with Gasteiger partial charge >= 0.3 is 0 Å². The van der Waals surface area contributed by atoms with Crippen molar-refractivity contribution in [3.63, 3.8) is 0 Å². The Balaban J connectivity index is 1.87. The van der Waals surface area contributed by atoms with E-state index in [-0.39, 0.29) is 17.4 Å². The Morgan fingerprint density at radius 3 is 2.89 bits per heavy atom. The van der Waals surface area contributed by atoms with Gasteiger partial charge in [-0.1, -0.05) is 11.6 Å². The van der Waals surface area contributed by atoms with E-state index in [9.17, 15) is 9.59 Å². The van der Waals surface area contributed by atoms with Gasteiger partial charge in [0.05, 0.1) is 0 Å². The van der Waals surface area contributed by atoms with Crippen molar-refractivity contribution >= 4 is 16.8 Å². The molecule has 1 amide bonds. The van der Waals surface area contributed by atoms with E-state index >= 15 is 0 Å². The molecule has 0 atom stereocenters. The molecule has 1 aromatic carbocycles. The van der Waals surface area contributed by atoms with Gasteiger partial charge in [0, 0.05) is 23.5 Å². The molecular weight excluding hydrogens is 240 g/mol. The molecule has 19 heavy (non-hydrogen) atoms. The Hall–Kier alpha value is -2.10. The number of carbonyl (C=O) groups is 1. The van der Waals surface area contributed by atoms with Crippen molar-refractivity contribution in [1.29, 1.82) is 0 Å². The lowest BCUT2D eigenvalue weighted by Crippen LogP contribution is -2.27. The van der Waals surface area contributed by atoms with Gasteiger partial charge in [0.25, 0.3) is 5.56 Å². The molecule has 4 heteroatoms. The van der Waals surface area contributed by atoms with Crippen LogP contribution in [0.5, 0.6) is 0 Å². The Kier molecular flexibility index (Phi) is 2.85. The number of aryl methyl sites for hydroxylation is 1. The number of hydrogen-bond acceptors (Lipinski definition) is 2. The number of rotatable bonds is 3. The smallest absolute Gasteiger partial charge is 0.253 e. The van der Waals surface area contributed by atoms with Crippen molar-refractivity contribution in [2.45, 2.75) is 26.3 Å². The van der Waals surface area contributed by atoms with E-state index in [0.717, 1.165) is 29.3 Å². The number of hydrogen-bond donors (Lipinski definition) is 2. The average Bonchev–Trinajstić information content (AvgIpc) is 3.20. The maximum absolute atomic E-state index is 11.9. The third-order valence-electron chi connectivity index (χ3n) is 3.48. The number of nitrogens with one attached hydrogen (secondary N) is 2. The van der Waals surface area contributed by atoms with Crippen molar-refractivity contribution in [3.8, 4) is 0 Å². The quantitative estimate of drug-likeness (QED) is 0.880. The Bertz CT molecular complexity index is 699. The van der Waals surface area contributed by atoms with Crippen LogP contribution in [0, 0.1) is 12.8 Å². The van der Waals surface area contributed by atoms with Gasteiger partial charge in [-0.3, -0.25) is 9.59 Å². The third kappa shape index (κ3) is 2.52. The summed E-state index contributed by atoms with van der Waals surface area (Å²) in [7, 11) is 0. The maximum atomic E-state index is 11.9. The van der Waals surface area contributed by atoms with E-state index in [1.807, 2.05) is 31.2 Å². The summed E-state index contributed by atoms with van der Waals surface area (Å²) in [6, 6.07) is 7.75. The molecule has 4 nitrogen and oxygen atoms in total. The summed E-state index contributed by atoms with van der Waals surface area (Å²) in [5, 5.41) is 3.82. The minimum Gasteiger partial charge on any atom is -0.352 e. The zero-order valence-corrected chi connectivity index (χ0v) is 10.8. The van der Waals surface area contributed by atoms with E-state index in [0.29, 0.717) is 12.1 Å². The van der Waals surface area contributed by atoms with Crippen molar-refractivity contribution in [2.24, 2.45) is 5.92 Å². The first-order valence-corrected chi connectivity index (χ1v) is 6.54. The van der Waals surface area contributed by atoms with Crippen LogP contribution in [0.15, 0.2) is 29.1 Å². The molecular formula is C15H16N2O2. The number of amides is 1. The second-order valence-electron chi connectivity index (χ2n) is 5.21. The van der Waals surface area contributed by atoms with E-state index < -0.39 is 0 Å². The van der Waals surface area contributed by atoms with Crippen molar-refractivity contribution in [2.75, 3.05) is 0 Å². The fourth-order valence-corrected chi connectivity index (χ4v) is 2.17. The number of aromatic amines is 1. The van der Waals surface area contributed by atoms with Crippen LogP contribution >= 0.6 is 0 Å². The monoisotopic (exact) mass is 256 g/mol. The molecule has 1 saturated carbocycles. The van der Waals surface area contributed by atoms with E-state index in [1.165, 1.54) is 0 Å². The molecule has 0 bridgehead atoms. The molecule has 0 radical (unpaired) electrons. The molecule has 3 rings (SSSR count). The molecule has 1 aliphatic carbocycles. The summed E-state index contributed by atoms with van der Waals surface area (Å²) in [5.41, 5.74) is 2.44. The van der Waals surface area contributed by atoms with Crippen LogP contribution in [0.2, 0.25) is 0 Å². The number of benzene rings is 1. The summed E-state index contributed by atoms with van der Waals surface area (Å²) in [5.74, 6) is 0.227. The summed E-state index contributed by atoms with van der Waals surface area (Å²) >= 11 is 0. The van der Waals surface area contributed by atoms with Crippen molar-refractivity contribution < 1.29 is 4.79 Å². The largest absolute Gasteiger partial charge is 0.352 e. The van der Waals surface area contributed by atoms with Crippen molar-refractivity contribution in [1.82, 2.24) is 10.3 Å². The molecule has 1 heterocycles. The van der Waals surface area contributed by atoms with Crippen molar-refractivity contribution in [3.05, 3.63) is 45.7 Å². The lowest BCUT2D eigenvalue weighted by atomic mass is 10.1. The van der Waals surface area contributed by atoms with Gasteiger partial charge in [0.1, 0.15) is 0 Å². The van der Waals surface area contributed by atoms with E-state index in [2.05, 4.69) is 10.3 Å². The SMILES string of the molecule is Cc1ccc2[nH]c(=O)c(CNC(=O)C3CC3)cc2c1. The van der Waals surface area contributed by atoms with Gasteiger partial charge in [0.2, 0.25) is 5.91 Å². The Morgan fingerprint density at radius 1 is 1.37 bits per heavy atom. The standard InChI is InChI=1S/C15H16N2O2/c1-9-2-5-13-11(6-9)7-12(15(19)17-13)8-16-14(18)10-3-4-10/h2,5-7,10H,3-4,8H2,1H3,(H,16,18)(H,17,19). The van der Waals surface area contributed by atoms with Gasteiger partial charge in [-0.2, -0.15) is 0 Å². The Morgan fingerprint density at radius 2 is 2.16 bits per heavy atom. The molecule has 0 spiro atoms. The highest BCUT2D eigenvalue weighted by atomic mass is 16.2. The molecule has 2 aromatic rings. The highest BCUT2D eigenvalue weighted by Crippen LogP contribution is 2.28. The fourth-order valence-electron chi connectivity index (χ4n) is 2.17. The maximum Gasteiger partial charge on any atom is 0.253 e. The zero-order chi connectivity index (χ0) is 13.4. The average molecular weight is 256 g/mol. The van der Waals surface area contributed by atoms with Gasteiger partial charge in [0.15, 0.2) is 0 Å². The lowest BCUT2D eigenvalue weighted by Gasteiger charge is -2.06. The number of aromatic nitrogens is 1.